The summed E-state index contributed by atoms with van der Waals surface area (Å²) in [5, 5.41) is 6.38. The molecule has 2 N–H and O–H groups in total. The molecule has 0 saturated carbocycles. The van der Waals surface area contributed by atoms with Gasteiger partial charge in [-0.05, 0) is 23.9 Å². The van der Waals surface area contributed by atoms with Gasteiger partial charge in [0.2, 0.25) is 0 Å². The van der Waals surface area contributed by atoms with Gasteiger partial charge < -0.3 is 5.73 Å². The van der Waals surface area contributed by atoms with E-state index in [1.165, 1.54) is 20.5 Å². The lowest BCUT2D eigenvalue weighted by molar-refractivity contribution is 0.680. The zero-order valence-electron chi connectivity index (χ0n) is 10.6. The molecule has 0 unspecified atom stereocenters. The first kappa shape index (κ1) is 12.7. The maximum absolute atomic E-state index is 6.06. The largest absolute Gasteiger partial charge is 0.326 e. The van der Waals surface area contributed by atoms with Gasteiger partial charge in [0.15, 0.2) is 0 Å². The normalized spacial score (nSPS) is 11.3. The van der Waals surface area contributed by atoms with Crippen LogP contribution in [0.15, 0.2) is 30.5 Å². The molecule has 0 saturated heterocycles. The van der Waals surface area contributed by atoms with Gasteiger partial charge in [-0.3, -0.25) is 4.68 Å². The Morgan fingerprint density at radius 1 is 1.37 bits per heavy atom. The number of rotatable bonds is 3. The van der Waals surface area contributed by atoms with Gasteiger partial charge in [0.1, 0.15) is 0 Å². The predicted molar refractivity (Wildman–Crippen MR) is 80.8 cm³/mol. The van der Waals surface area contributed by atoms with Gasteiger partial charge in [-0.1, -0.05) is 29.8 Å². The fraction of sp³-hybridized carbons (Fsp3) is 0.214. The highest BCUT2D eigenvalue weighted by molar-refractivity contribution is 7.19. The number of fused-ring (bicyclic) bond motifs is 1. The molecular formula is C14H14ClN3S. The molecule has 0 atom stereocenters. The molecule has 3 nitrogen and oxygen atoms in total. The predicted octanol–water partition coefficient (Wildman–Crippen LogP) is 3.57. The summed E-state index contributed by atoms with van der Waals surface area (Å²) in [4.78, 5) is 1.21. The molecule has 2 heterocycles. The van der Waals surface area contributed by atoms with Gasteiger partial charge in [0.25, 0.3) is 0 Å². The van der Waals surface area contributed by atoms with Gasteiger partial charge in [0, 0.05) is 22.3 Å². The molecule has 2 aromatic heterocycles. The van der Waals surface area contributed by atoms with E-state index in [1.54, 1.807) is 11.3 Å². The topological polar surface area (TPSA) is 43.8 Å². The van der Waals surface area contributed by atoms with Gasteiger partial charge in [-0.25, -0.2) is 0 Å². The molecule has 1 aromatic carbocycles. The SMILES string of the molecule is Cc1nn(Cc2c(CN)sc3ccccc23)cc1Cl. The number of hydrogen-bond donors (Lipinski definition) is 1. The molecule has 0 aliphatic carbocycles. The Labute approximate surface area is 120 Å². The number of hydrogen-bond acceptors (Lipinski definition) is 3. The Morgan fingerprint density at radius 3 is 2.84 bits per heavy atom. The smallest absolute Gasteiger partial charge is 0.0815 e. The molecule has 0 radical (unpaired) electrons. The standard InChI is InChI=1S/C14H14ClN3S/c1-9-12(15)8-18(17-9)7-11-10-4-2-3-5-13(10)19-14(11)6-16/h2-5,8H,6-7,16H2,1H3. The van der Waals surface area contributed by atoms with E-state index >= 15 is 0 Å². The van der Waals surface area contributed by atoms with Gasteiger partial charge in [-0.2, -0.15) is 5.10 Å². The van der Waals surface area contributed by atoms with E-state index in [-0.39, 0.29) is 0 Å². The highest BCUT2D eigenvalue weighted by Crippen LogP contribution is 2.31. The number of benzene rings is 1. The molecular weight excluding hydrogens is 278 g/mol. The van der Waals surface area contributed by atoms with Crippen LogP contribution in [0.5, 0.6) is 0 Å². The van der Waals surface area contributed by atoms with Gasteiger partial charge >= 0.3 is 0 Å². The minimum atomic E-state index is 0.558. The highest BCUT2D eigenvalue weighted by atomic mass is 35.5. The molecule has 0 bridgehead atoms. The van der Waals surface area contributed by atoms with Crippen LogP contribution in [0.25, 0.3) is 10.1 Å². The van der Waals surface area contributed by atoms with E-state index in [1.807, 2.05) is 17.8 Å². The van der Waals surface area contributed by atoms with E-state index in [9.17, 15) is 0 Å². The molecule has 3 rings (SSSR count). The minimum Gasteiger partial charge on any atom is -0.326 e. The van der Waals surface area contributed by atoms with Crippen LogP contribution in [-0.4, -0.2) is 9.78 Å². The first-order chi connectivity index (χ1) is 9.19. The summed E-state index contributed by atoms with van der Waals surface area (Å²) < 4.78 is 3.15. The van der Waals surface area contributed by atoms with Crippen LogP contribution in [-0.2, 0) is 13.1 Å². The average Bonchev–Trinajstić information content (AvgIpc) is 2.92. The summed E-state index contributed by atoms with van der Waals surface area (Å²) in [7, 11) is 0. The molecule has 0 aliphatic heterocycles. The molecule has 19 heavy (non-hydrogen) atoms. The van der Waals surface area contributed by atoms with Crippen molar-refractivity contribution in [2.75, 3.05) is 0 Å². The molecule has 0 spiro atoms. The zero-order valence-corrected chi connectivity index (χ0v) is 12.1. The summed E-state index contributed by atoms with van der Waals surface area (Å²) in [6.07, 6.45) is 1.86. The Morgan fingerprint density at radius 2 is 2.16 bits per heavy atom. The molecule has 98 valence electrons. The molecule has 0 amide bonds. The fourth-order valence-electron chi connectivity index (χ4n) is 2.22. The Bertz CT molecular complexity index is 710. The molecule has 3 aromatic rings. The van der Waals surface area contributed by atoms with Crippen LogP contribution in [0.2, 0.25) is 5.02 Å². The molecule has 0 aliphatic rings. The fourth-order valence-corrected chi connectivity index (χ4v) is 3.47. The van der Waals surface area contributed by atoms with Gasteiger partial charge in [0.05, 0.1) is 17.3 Å². The first-order valence-corrected chi connectivity index (χ1v) is 7.27. The van der Waals surface area contributed by atoms with Crippen molar-refractivity contribution in [3.63, 3.8) is 0 Å². The maximum Gasteiger partial charge on any atom is 0.0815 e. The number of nitrogens with two attached hydrogens (primary N) is 1. The number of thiophene rings is 1. The first-order valence-electron chi connectivity index (χ1n) is 6.08. The molecule has 5 heteroatoms. The van der Waals surface area contributed by atoms with Crippen molar-refractivity contribution in [1.82, 2.24) is 9.78 Å². The van der Waals surface area contributed by atoms with Crippen molar-refractivity contribution in [2.24, 2.45) is 5.73 Å². The third-order valence-electron chi connectivity index (χ3n) is 3.17. The minimum absolute atomic E-state index is 0.558. The van der Waals surface area contributed by atoms with Crippen molar-refractivity contribution in [1.29, 1.82) is 0 Å². The van der Waals surface area contributed by atoms with Crippen LogP contribution in [0, 0.1) is 6.92 Å². The van der Waals surface area contributed by atoms with Crippen molar-refractivity contribution >= 4 is 33.0 Å². The number of aromatic nitrogens is 2. The van der Waals surface area contributed by atoms with Crippen LogP contribution >= 0.6 is 22.9 Å². The maximum atomic E-state index is 6.06. The lowest BCUT2D eigenvalue weighted by Gasteiger charge is -2.03. The number of halogens is 1. The third kappa shape index (κ3) is 2.27. The second kappa shape index (κ2) is 4.96. The van der Waals surface area contributed by atoms with E-state index in [0.717, 1.165) is 5.69 Å². The Balaban J connectivity index is 2.08. The highest BCUT2D eigenvalue weighted by Gasteiger charge is 2.12. The zero-order chi connectivity index (χ0) is 13.4. The van der Waals surface area contributed by atoms with Gasteiger partial charge in [-0.15, -0.1) is 11.3 Å². The van der Waals surface area contributed by atoms with Crippen LogP contribution < -0.4 is 5.73 Å². The number of nitrogens with zero attached hydrogens (tertiary/aromatic N) is 2. The summed E-state index contributed by atoms with van der Waals surface area (Å²) in [6, 6.07) is 8.38. The quantitative estimate of drug-likeness (QED) is 0.802. The lowest BCUT2D eigenvalue weighted by atomic mass is 10.1. The van der Waals surface area contributed by atoms with Crippen molar-refractivity contribution < 1.29 is 0 Å². The summed E-state index contributed by atoms with van der Waals surface area (Å²) in [6.45, 7) is 3.18. The lowest BCUT2D eigenvalue weighted by Crippen LogP contribution is -2.04. The van der Waals surface area contributed by atoms with Crippen LogP contribution in [0.1, 0.15) is 16.1 Å². The van der Waals surface area contributed by atoms with E-state index in [2.05, 4.69) is 29.4 Å². The average molecular weight is 292 g/mol. The van der Waals surface area contributed by atoms with Crippen LogP contribution in [0.4, 0.5) is 0 Å². The van der Waals surface area contributed by atoms with Crippen LogP contribution in [0.3, 0.4) is 0 Å². The van der Waals surface area contributed by atoms with E-state index < -0.39 is 0 Å². The molecule has 0 fully saturated rings. The second-order valence-electron chi connectivity index (χ2n) is 4.46. The monoisotopic (exact) mass is 291 g/mol. The summed E-state index contributed by atoms with van der Waals surface area (Å²) >= 11 is 7.81. The van der Waals surface area contributed by atoms with Crippen molar-refractivity contribution in [3.8, 4) is 0 Å². The second-order valence-corrected chi connectivity index (χ2v) is 6.01. The van der Waals surface area contributed by atoms with Crippen molar-refractivity contribution in [3.05, 3.63) is 51.6 Å². The van der Waals surface area contributed by atoms with Crippen molar-refractivity contribution in [2.45, 2.75) is 20.0 Å². The van der Waals surface area contributed by atoms with E-state index in [0.29, 0.717) is 18.1 Å². The summed E-state index contributed by atoms with van der Waals surface area (Å²) in [5.41, 5.74) is 7.97. The number of aryl methyl sites for hydroxylation is 1. The van der Waals surface area contributed by atoms with E-state index in [4.69, 9.17) is 17.3 Å². The summed E-state index contributed by atoms with van der Waals surface area (Å²) in [5.74, 6) is 0. The Hall–Kier alpha value is -1.36. The Kier molecular flexibility index (Phi) is 3.31. The third-order valence-corrected chi connectivity index (χ3v) is 4.78.